The Hall–Kier alpha value is -3.35. The Morgan fingerprint density at radius 1 is 1.22 bits per heavy atom. The van der Waals surface area contributed by atoms with E-state index in [9.17, 15) is 9.18 Å². The van der Waals surface area contributed by atoms with E-state index in [-0.39, 0.29) is 17.4 Å². The standard InChI is InChI=1S/C20H20FN3O3/c1-13-11-19(25)27-18-12-15(5-8-17(13)18)24-20(22)23-9-2-10-26-16-6-3-14(21)4-7-16/h3-8,11-12H,2,9-10H2,1H3,(H3,22,23,24). The molecule has 0 fully saturated rings. The molecule has 6 nitrogen and oxygen atoms in total. The van der Waals surface area contributed by atoms with E-state index in [2.05, 4.69) is 10.3 Å². The van der Waals surface area contributed by atoms with Gasteiger partial charge in [-0.25, -0.2) is 9.18 Å². The van der Waals surface area contributed by atoms with Crippen LogP contribution in [-0.4, -0.2) is 19.1 Å². The molecule has 7 heteroatoms. The van der Waals surface area contributed by atoms with Crippen molar-refractivity contribution in [1.82, 2.24) is 0 Å². The van der Waals surface area contributed by atoms with Gasteiger partial charge >= 0.3 is 5.63 Å². The van der Waals surface area contributed by atoms with E-state index in [1.54, 1.807) is 18.2 Å². The number of nitrogens with one attached hydrogen (secondary N) is 1. The van der Waals surface area contributed by atoms with Gasteiger partial charge in [-0.2, -0.15) is 0 Å². The first-order valence-corrected chi connectivity index (χ1v) is 8.51. The van der Waals surface area contributed by atoms with Crippen molar-refractivity contribution >= 4 is 22.6 Å². The molecule has 0 spiro atoms. The van der Waals surface area contributed by atoms with Gasteiger partial charge in [-0.05, 0) is 48.9 Å². The predicted octanol–water partition coefficient (Wildman–Crippen LogP) is 3.44. The topological polar surface area (TPSA) is 89.9 Å². The zero-order chi connectivity index (χ0) is 19.2. The molecule has 3 rings (SSSR count). The van der Waals surface area contributed by atoms with Gasteiger partial charge in [-0.1, -0.05) is 0 Å². The number of benzene rings is 2. The molecule has 0 radical (unpaired) electrons. The molecule has 1 heterocycles. The number of fused-ring (bicyclic) bond motifs is 1. The number of ether oxygens (including phenoxy) is 1. The SMILES string of the molecule is Cc1cc(=O)oc2cc(NC(N)=NCCCOc3ccc(F)cc3)ccc12. The van der Waals surface area contributed by atoms with Crippen LogP contribution in [0.25, 0.3) is 11.0 Å². The van der Waals surface area contributed by atoms with E-state index >= 15 is 0 Å². The molecule has 0 saturated carbocycles. The lowest BCUT2D eigenvalue weighted by Crippen LogP contribution is -2.23. The van der Waals surface area contributed by atoms with E-state index in [1.807, 2.05) is 19.1 Å². The number of aliphatic imine (C=N–C) groups is 1. The second-order valence-electron chi connectivity index (χ2n) is 6.01. The Balaban J connectivity index is 1.52. The maximum atomic E-state index is 12.8. The molecule has 0 bridgehead atoms. The van der Waals surface area contributed by atoms with Gasteiger partial charge in [-0.15, -0.1) is 0 Å². The summed E-state index contributed by atoms with van der Waals surface area (Å²) in [5.74, 6) is 0.569. The number of guanidine groups is 1. The smallest absolute Gasteiger partial charge is 0.336 e. The number of rotatable bonds is 6. The van der Waals surface area contributed by atoms with Crippen LogP contribution in [0, 0.1) is 12.7 Å². The third kappa shape index (κ3) is 5.07. The van der Waals surface area contributed by atoms with Gasteiger partial charge < -0.3 is 20.2 Å². The van der Waals surface area contributed by atoms with Crippen molar-refractivity contribution in [2.75, 3.05) is 18.5 Å². The highest BCUT2D eigenvalue weighted by Gasteiger charge is 2.04. The first kappa shape index (κ1) is 18.4. The molecule has 3 aromatic rings. The van der Waals surface area contributed by atoms with Crippen LogP contribution < -0.4 is 21.4 Å². The Bertz CT molecular complexity index is 1010. The highest BCUT2D eigenvalue weighted by Crippen LogP contribution is 2.20. The van der Waals surface area contributed by atoms with Crippen LogP contribution in [0.3, 0.4) is 0 Å². The van der Waals surface area contributed by atoms with E-state index in [1.165, 1.54) is 18.2 Å². The molecule has 1 aromatic heterocycles. The number of halogens is 1. The third-order valence-corrected chi connectivity index (χ3v) is 3.89. The van der Waals surface area contributed by atoms with Crippen molar-refractivity contribution in [3.8, 4) is 5.75 Å². The summed E-state index contributed by atoms with van der Waals surface area (Å²) in [5.41, 5.74) is 7.52. The summed E-state index contributed by atoms with van der Waals surface area (Å²) in [6.07, 6.45) is 0.658. The lowest BCUT2D eigenvalue weighted by Gasteiger charge is -2.08. The fraction of sp³-hybridized carbons (Fsp3) is 0.200. The average Bonchev–Trinajstić information content (AvgIpc) is 2.62. The first-order valence-electron chi connectivity index (χ1n) is 8.51. The van der Waals surface area contributed by atoms with Crippen LogP contribution in [-0.2, 0) is 0 Å². The minimum Gasteiger partial charge on any atom is -0.494 e. The zero-order valence-electron chi connectivity index (χ0n) is 14.9. The third-order valence-electron chi connectivity index (χ3n) is 3.89. The minimum absolute atomic E-state index is 0.256. The Morgan fingerprint density at radius 3 is 2.78 bits per heavy atom. The number of nitrogens with zero attached hydrogens (tertiary/aromatic N) is 1. The molecule has 2 aromatic carbocycles. The van der Waals surface area contributed by atoms with Crippen molar-refractivity contribution in [3.05, 3.63) is 70.3 Å². The maximum Gasteiger partial charge on any atom is 0.336 e. The van der Waals surface area contributed by atoms with Crippen LogP contribution in [0.1, 0.15) is 12.0 Å². The molecule has 0 amide bonds. The van der Waals surface area contributed by atoms with Gasteiger partial charge in [0.1, 0.15) is 17.1 Å². The average molecular weight is 369 g/mol. The number of aryl methyl sites for hydroxylation is 1. The van der Waals surface area contributed by atoms with Crippen molar-refractivity contribution in [3.63, 3.8) is 0 Å². The molecule has 0 saturated heterocycles. The van der Waals surface area contributed by atoms with E-state index < -0.39 is 0 Å². The lowest BCUT2D eigenvalue weighted by atomic mass is 10.1. The molecule has 0 aliphatic heterocycles. The highest BCUT2D eigenvalue weighted by atomic mass is 19.1. The van der Waals surface area contributed by atoms with E-state index in [0.717, 1.165) is 10.9 Å². The number of hydrogen-bond acceptors (Lipinski definition) is 4. The number of anilines is 1. The molecular formula is C20H20FN3O3. The summed E-state index contributed by atoms with van der Waals surface area (Å²) >= 11 is 0. The summed E-state index contributed by atoms with van der Waals surface area (Å²) < 4.78 is 23.5. The Morgan fingerprint density at radius 2 is 2.00 bits per heavy atom. The Labute approximate surface area is 155 Å². The summed E-state index contributed by atoms with van der Waals surface area (Å²) in [5, 5.41) is 3.84. The lowest BCUT2D eigenvalue weighted by molar-refractivity contribution is 0.313. The van der Waals surface area contributed by atoms with Crippen molar-refractivity contribution in [2.45, 2.75) is 13.3 Å². The second kappa shape index (κ2) is 8.35. The molecule has 0 unspecified atom stereocenters. The highest BCUT2D eigenvalue weighted by molar-refractivity contribution is 5.94. The number of nitrogens with two attached hydrogens (primary N) is 1. The molecule has 3 N–H and O–H groups in total. The molecule has 0 aliphatic rings. The molecule has 27 heavy (non-hydrogen) atoms. The number of hydrogen-bond donors (Lipinski definition) is 2. The van der Waals surface area contributed by atoms with Crippen LogP contribution in [0.15, 0.2) is 62.7 Å². The van der Waals surface area contributed by atoms with Gasteiger partial charge in [0.15, 0.2) is 5.96 Å². The van der Waals surface area contributed by atoms with Crippen molar-refractivity contribution in [1.29, 1.82) is 0 Å². The van der Waals surface area contributed by atoms with Gasteiger partial charge in [0.25, 0.3) is 0 Å². The summed E-state index contributed by atoms with van der Waals surface area (Å²) in [6, 6.07) is 12.7. The van der Waals surface area contributed by atoms with Crippen LogP contribution >= 0.6 is 0 Å². The first-order chi connectivity index (χ1) is 13.0. The van der Waals surface area contributed by atoms with Crippen LogP contribution in [0.4, 0.5) is 10.1 Å². The molecular weight excluding hydrogens is 349 g/mol. The monoisotopic (exact) mass is 369 g/mol. The van der Waals surface area contributed by atoms with Crippen LogP contribution in [0.5, 0.6) is 5.75 Å². The second-order valence-corrected chi connectivity index (χ2v) is 6.01. The summed E-state index contributed by atoms with van der Waals surface area (Å²) in [6.45, 7) is 2.78. The molecule has 140 valence electrons. The molecule has 0 atom stereocenters. The van der Waals surface area contributed by atoms with Gasteiger partial charge in [0, 0.05) is 36.2 Å². The summed E-state index contributed by atoms with van der Waals surface area (Å²) in [7, 11) is 0. The van der Waals surface area contributed by atoms with Crippen molar-refractivity contribution < 1.29 is 13.5 Å². The maximum absolute atomic E-state index is 12.8. The van der Waals surface area contributed by atoms with Gasteiger partial charge in [0.2, 0.25) is 0 Å². The summed E-state index contributed by atoms with van der Waals surface area (Å²) in [4.78, 5) is 15.7. The largest absolute Gasteiger partial charge is 0.494 e. The van der Waals surface area contributed by atoms with E-state index in [0.29, 0.717) is 36.6 Å². The normalized spacial score (nSPS) is 11.6. The predicted molar refractivity (Wildman–Crippen MR) is 104 cm³/mol. The van der Waals surface area contributed by atoms with Crippen molar-refractivity contribution in [2.24, 2.45) is 10.7 Å². The van der Waals surface area contributed by atoms with E-state index in [4.69, 9.17) is 14.9 Å². The molecule has 0 aliphatic carbocycles. The van der Waals surface area contributed by atoms with Crippen LogP contribution in [0.2, 0.25) is 0 Å². The quantitative estimate of drug-likeness (QED) is 0.301. The van der Waals surface area contributed by atoms with Gasteiger partial charge in [0.05, 0.1) is 6.61 Å². The van der Waals surface area contributed by atoms with Gasteiger partial charge in [-0.3, -0.25) is 4.99 Å². The minimum atomic E-state index is -0.389. The fourth-order valence-electron chi connectivity index (χ4n) is 2.57. The fourth-order valence-corrected chi connectivity index (χ4v) is 2.57. The zero-order valence-corrected chi connectivity index (χ0v) is 14.9. The Kier molecular flexibility index (Phi) is 5.71.